The van der Waals surface area contributed by atoms with Crippen LogP contribution < -0.4 is 5.32 Å². The standard InChI is InChI=1S/C11H7ClF3N3O/c12-6-1-2-8(7(3-6)11(13,14)15)18-10(19)9-4-16-5-17-9/h1-5H,(H,16,17)(H,18,19). The number of anilines is 1. The predicted molar refractivity (Wildman–Crippen MR) is 63.0 cm³/mol. The molecule has 8 heteroatoms. The maximum Gasteiger partial charge on any atom is 0.418 e. The SMILES string of the molecule is O=C(Nc1ccc(Cl)cc1C(F)(F)F)c1cnc[nH]1. The molecule has 0 aliphatic carbocycles. The minimum atomic E-state index is -4.61. The Hall–Kier alpha value is -2.02. The van der Waals surface area contributed by atoms with Crippen molar-refractivity contribution in [2.75, 3.05) is 5.32 Å². The monoisotopic (exact) mass is 289 g/mol. The third-order valence-electron chi connectivity index (χ3n) is 2.28. The number of nitrogens with one attached hydrogen (secondary N) is 2. The number of nitrogens with zero attached hydrogens (tertiary/aromatic N) is 1. The minimum Gasteiger partial charge on any atom is -0.341 e. The van der Waals surface area contributed by atoms with Crippen LogP contribution in [0.4, 0.5) is 18.9 Å². The fourth-order valence-electron chi connectivity index (χ4n) is 1.43. The molecular weight excluding hydrogens is 283 g/mol. The number of rotatable bonds is 2. The second-order valence-corrected chi connectivity index (χ2v) is 4.04. The molecule has 0 radical (unpaired) electrons. The van der Waals surface area contributed by atoms with Crippen LogP contribution in [0.3, 0.4) is 0 Å². The molecule has 0 spiro atoms. The molecule has 2 aromatic rings. The summed E-state index contributed by atoms with van der Waals surface area (Å²) in [4.78, 5) is 17.8. The van der Waals surface area contributed by atoms with Crippen molar-refractivity contribution in [3.8, 4) is 0 Å². The van der Waals surface area contributed by atoms with Gasteiger partial charge in [-0.05, 0) is 18.2 Å². The van der Waals surface area contributed by atoms with Crippen molar-refractivity contribution < 1.29 is 18.0 Å². The lowest BCUT2D eigenvalue weighted by Crippen LogP contribution is -2.17. The highest BCUT2D eigenvalue weighted by atomic mass is 35.5. The number of H-pyrrole nitrogens is 1. The van der Waals surface area contributed by atoms with E-state index in [1.807, 2.05) is 0 Å². The highest BCUT2D eigenvalue weighted by molar-refractivity contribution is 6.30. The molecule has 4 nitrogen and oxygen atoms in total. The van der Waals surface area contributed by atoms with E-state index in [-0.39, 0.29) is 16.4 Å². The number of benzene rings is 1. The van der Waals surface area contributed by atoms with Gasteiger partial charge in [-0.15, -0.1) is 0 Å². The van der Waals surface area contributed by atoms with Crippen LogP contribution in [0.5, 0.6) is 0 Å². The van der Waals surface area contributed by atoms with Crippen molar-refractivity contribution >= 4 is 23.2 Å². The van der Waals surface area contributed by atoms with Crippen LogP contribution in [-0.4, -0.2) is 15.9 Å². The van der Waals surface area contributed by atoms with Crippen molar-refractivity contribution in [1.29, 1.82) is 0 Å². The predicted octanol–water partition coefficient (Wildman–Crippen LogP) is 3.33. The number of hydrogen-bond acceptors (Lipinski definition) is 2. The van der Waals surface area contributed by atoms with Crippen molar-refractivity contribution in [3.05, 3.63) is 47.0 Å². The molecule has 1 aromatic heterocycles. The molecule has 0 fully saturated rings. The largest absolute Gasteiger partial charge is 0.418 e. The van der Waals surface area contributed by atoms with E-state index in [9.17, 15) is 18.0 Å². The van der Waals surface area contributed by atoms with Crippen molar-refractivity contribution in [3.63, 3.8) is 0 Å². The van der Waals surface area contributed by atoms with Crippen LogP contribution in [0.25, 0.3) is 0 Å². The number of halogens is 4. The van der Waals surface area contributed by atoms with Crippen LogP contribution >= 0.6 is 11.6 Å². The maximum absolute atomic E-state index is 12.8. The number of imidazole rings is 1. The summed E-state index contributed by atoms with van der Waals surface area (Å²) < 4.78 is 38.4. The van der Waals surface area contributed by atoms with Crippen LogP contribution in [0.15, 0.2) is 30.7 Å². The lowest BCUT2D eigenvalue weighted by atomic mass is 10.1. The average Bonchev–Trinajstić information content (AvgIpc) is 2.83. The number of carbonyl (C=O) groups excluding carboxylic acids is 1. The Morgan fingerprint density at radius 2 is 2.11 bits per heavy atom. The van der Waals surface area contributed by atoms with E-state index in [0.29, 0.717) is 0 Å². The first-order chi connectivity index (χ1) is 8.88. The van der Waals surface area contributed by atoms with Gasteiger partial charge in [0.15, 0.2) is 0 Å². The van der Waals surface area contributed by atoms with Crippen LogP contribution in [0, 0.1) is 0 Å². The molecule has 0 saturated heterocycles. The molecule has 0 aliphatic heterocycles. The summed E-state index contributed by atoms with van der Waals surface area (Å²) in [5.74, 6) is -0.717. The van der Waals surface area contributed by atoms with Crippen molar-refractivity contribution in [2.45, 2.75) is 6.18 Å². The summed E-state index contributed by atoms with van der Waals surface area (Å²) in [6.45, 7) is 0. The fourth-order valence-corrected chi connectivity index (χ4v) is 1.60. The second-order valence-electron chi connectivity index (χ2n) is 3.61. The quantitative estimate of drug-likeness (QED) is 0.891. The Balaban J connectivity index is 2.33. The number of aromatic nitrogens is 2. The molecule has 2 rings (SSSR count). The van der Waals surface area contributed by atoms with Crippen molar-refractivity contribution in [1.82, 2.24) is 9.97 Å². The van der Waals surface area contributed by atoms with Gasteiger partial charge in [0.05, 0.1) is 23.8 Å². The highest BCUT2D eigenvalue weighted by Crippen LogP contribution is 2.36. The van der Waals surface area contributed by atoms with Crippen LogP contribution in [-0.2, 0) is 6.18 Å². The summed E-state index contributed by atoms with van der Waals surface area (Å²) in [6.07, 6.45) is -2.15. The topological polar surface area (TPSA) is 57.8 Å². The minimum absolute atomic E-state index is 0.0584. The number of aromatic amines is 1. The van der Waals surface area contributed by atoms with Gasteiger partial charge < -0.3 is 10.3 Å². The van der Waals surface area contributed by atoms with Crippen LogP contribution in [0.1, 0.15) is 16.1 Å². The normalized spacial score (nSPS) is 11.4. The first-order valence-electron chi connectivity index (χ1n) is 5.04. The van der Waals surface area contributed by atoms with Gasteiger partial charge in [0, 0.05) is 5.02 Å². The Bertz CT molecular complexity index is 596. The Morgan fingerprint density at radius 1 is 1.37 bits per heavy atom. The summed E-state index contributed by atoms with van der Waals surface area (Å²) in [6, 6.07) is 3.11. The Kier molecular flexibility index (Phi) is 3.48. The molecule has 100 valence electrons. The Labute approximate surface area is 110 Å². The summed E-state index contributed by atoms with van der Waals surface area (Å²) in [5.41, 5.74) is -1.31. The van der Waals surface area contributed by atoms with E-state index < -0.39 is 17.6 Å². The first-order valence-corrected chi connectivity index (χ1v) is 5.42. The fraction of sp³-hybridized carbons (Fsp3) is 0.0909. The van der Waals surface area contributed by atoms with E-state index in [4.69, 9.17) is 11.6 Å². The van der Waals surface area contributed by atoms with Crippen molar-refractivity contribution in [2.24, 2.45) is 0 Å². The zero-order chi connectivity index (χ0) is 14.0. The van der Waals surface area contributed by atoms with Crippen LogP contribution in [0.2, 0.25) is 5.02 Å². The second kappa shape index (κ2) is 4.93. The zero-order valence-electron chi connectivity index (χ0n) is 9.25. The van der Waals surface area contributed by atoms with Gasteiger partial charge in [-0.3, -0.25) is 4.79 Å². The molecule has 0 atom stereocenters. The molecule has 0 aliphatic rings. The van der Waals surface area contributed by atoms with Gasteiger partial charge in [-0.1, -0.05) is 11.6 Å². The van der Waals surface area contributed by atoms with E-state index in [1.165, 1.54) is 18.6 Å². The zero-order valence-corrected chi connectivity index (χ0v) is 10.0. The van der Waals surface area contributed by atoms with Gasteiger partial charge in [-0.2, -0.15) is 13.2 Å². The number of amides is 1. The molecular formula is C11H7ClF3N3O. The molecule has 1 amide bonds. The maximum atomic E-state index is 12.8. The van der Waals surface area contributed by atoms with Gasteiger partial charge >= 0.3 is 6.18 Å². The number of alkyl halides is 3. The summed E-state index contributed by atoms with van der Waals surface area (Å²) in [7, 11) is 0. The number of carbonyl (C=O) groups is 1. The highest BCUT2D eigenvalue weighted by Gasteiger charge is 2.34. The lowest BCUT2D eigenvalue weighted by molar-refractivity contribution is -0.136. The van der Waals surface area contributed by atoms with E-state index in [2.05, 4.69) is 15.3 Å². The molecule has 0 unspecified atom stereocenters. The average molecular weight is 290 g/mol. The number of hydrogen-bond donors (Lipinski definition) is 2. The Morgan fingerprint density at radius 3 is 2.68 bits per heavy atom. The third kappa shape index (κ3) is 3.05. The molecule has 1 aromatic carbocycles. The summed E-state index contributed by atoms with van der Waals surface area (Å²) >= 11 is 5.53. The third-order valence-corrected chi connectivity index (χ3v) is 2.51. The molecule has 19 heavy (non-hydrogen) atoms. The molecule has 2 N–H and O–H groups in total. The molecule has 0 bridgehead atoms. The first kappa shape index (κ1) is 13.4. The van der Waals surface area contributed by atoms with Gasteiger partial charge in [0.2, 0.25) is 0 Å². The lowest BCUT2D eigenvalue weighted by Gasteiger charge is -2.13. The van der Waals surface area contributed by atoms with Gasteiger partial charge in [0.25, 0.3) is 5.91 Å². The van der Waals surface area contributed by atoms with Gasteiger partial charge in [0.1, 0.15) is 5.69 Å². The van der Waals surface area contributed by atoms with E-state index in [1.54, 1.807) is 0 Å². The summed E-state index contributed by atoms with van der Waals surface area (Å²) in [5, 5.41) is 2.09. The smallest absolute Gasteiger partial charge is 0.341 e. The van der Waals surface area contributed by atoms with Gasteiger partial charge in [-0.25, -0.2) is 4.98 Å². The van der Waals surface area contributed by atoms with E-state index >= 15 is 0 Å². The molecule has 1 heterocycles. The van der Waals surface area contributed by atoms with E-state index in [0.717, 1.165) is 12.1 Å². The molecule has 0 saturated carbocycles.